The van der Waals surface area contributed by atoms with Crippen molar-refractivity contribution in [3.8, 4) is 0 Å². The summed E-state index contributed by atoms with van der Waals surface area (Å²) in [6.45, 7) is 10.5. The molecule has 0 fully saturated rings. The van der Waals surface area contributed by atoms with Gasteiger partial charge in [0.2, 0.25) is 0 Å². The van der Waals surface area contributed by atoms with Crippen molar-refractivity contribution in [1.82, 2.24) is 15.3 Å². The maximum Gasteiger partial charge on any atom is 0.133 e. The maximum atomic E-state index is 4.56. The highest BCUT2D eigenvalue weighted by Crippen LogP contribution is 2.21. The zero-order chi connectivity index (χ0) is 11.6. The van der Waals surface area contributed by atoms with Gasteiger partial charge in [0.05, 0.1) is 0 Å². The Morgan fingerprint density at radius 1 is 1.33 bits per heavy atom. The standard InChI is InChI=1S/C12H21N3/c1-8(13-6)10-7-14-11(12(3,4)5)15-9(10)2/h7-8,13H,1-6H3. The molecule has 84 valence electrons. The van der Waals surface area contributed by atoms with E-state index in [1.165, 1.54) is 5.56 Å². The van der Waals surface area contributed by atoms with Crippen molar-refractivity contribution in [2.24, 2.45) is 0 Å². The molecule has 0 aliphatic heterocycles. The van der Waals surface area contributed by atoms with Crippen LogP contribution in [0, 0.1) is 6.92 Å². The molecule has 0 bridgehead atoms. The molecule has 0 aromatic carbocycles. The average Bonchev–Trinajstić information content (AvgIpc) is 2.15. The lowest BCUT2D eigenvalue weighted by Crippen LogP contribution is -2.20. The van der Waals surface area contributed by atoms with Gasteiger partial charge < -0.3 is 5.32 Å². The monoisotopic (exact) mass is 207 g/mol. The van der Waals surface area contributed by atoms with Gasteiger partial charge in [0, 0.05) is 28.9 Å². The predicted molar refractivity (Wildman–Crippen MR) is 62.9 cm³/mol. The third kappa shape index (κ3) is 2.75. The first-order valence-corrected chi connectivity index (χ1v) is 5.37. The van der Waals surface area contributed by atoms with Crippen LogP contribution in [0.15, 0.2) is 6.20 Å². The number of nitrogens with one attached hydrogen (secondary N) is 1. The van der Waals surface area contributed by atoms with Gasteiger partial charge in [-0.05, 0) is 20.9 Å². The van der Waals surface area contributed by atoms with Crippen LogP contribution in [0.2, 0.25) is 0 Å². The van der Waals surface area contributed by atoms with Gasteiger partial charge in [-0.1, -0.05) is 20.8 Å². The van der Waals surface area contributed by atoms with Crippen LogP contribution in [-0.2, 0) is 5.41 Å². The third-order valence-corrected chi connectivity index (χ3v) is 2.59. The molecule has 0 aliphatic carbocycles. The molecule has 1 rings (SSSR count). The molecular weight excluding hydrogens is 186 g/mol. The molecule has 15 heavy (non-hydrogen) atoms. The predicted octanol–water partition coefficient (Wildman–Crippen LogP) is 2.36. The molecular formula is C12H21N3. The lowest BCUT2D eigenvalue weighted by molar-refractivity contribution is 0.537. The first kappa shape index (κ1) is 12.1. The van der Waals surface area contributed by atoms with E-state index in [-0.39, 0.29) is 5.41 Å². The number of rotatable bonds is 2. The normalized spacial score (nSPS) is 14.0. The summed E-state index contributed by atoms with van der Waals surface area (Å²) in [5.41, 5.74) is 2.26. The van der Waals surface area contributed by atoms with Crippen molar-refractivity contribution in [1.29, 1.82) is 0 Å². The van der Waals surface area contributed by atoms with Gasteiger partial charge in [-0.2, -0.15) is 0 Å². The van der Waals surface area contributed by atoms with E-state index in [4.69, 9.17) is 0 Å². The molecule has 3 heteroatoms. The summed E-state index contributed by atoms with van der Waals surface area (Å²) in [6.07, 6.45) is 1.93. The minimum Gasteiger partial charge on any atom is -0.313 e. The number of nitrogens with zero attached hydrogens (tertiary/aromatic N) is 2. The van der Waals surface area contributed by atoms with Gasteiger partial charge in [0.1, 0.15) is 5.82 Å². The minimum atomic E-state index is 0.0200. The molecule has 0 aliphatic rings. The molecule has 1 atom stereocenters. The second-order valence-corrected chi connectivity index (χ2v) is 4.99. The molecule has 1 aromatic rings. The van der Waals surface area contributed by atoms with Crippen LogP contribution in [0.5, 0.6) is 0 Å². The van der Waals surface area contributed by atoms with E-state index in [0.717, 1.165) is 11.5 Å². The quantitative estimate of drug-likeness (QED) is 0.809. The molecule has 0 amide bonds. The fourth-order valence-corrected chi connectivity index (χ4v) is 1.42. The summed E-state index contributed by atoms with van der Waals surface area (Å²) in [6, 6.07) is 0.305. The van der Waals surface area contributed by atoms with Crippen LogP contribution in [0.25, 0.3) is 0 Å². The van der Waals surface area contributed by atoms with Gasteiger partial charge in [-0.15, -0.1) is 0 Å². The van der Waals surface area contributed by atoms with E-state index in [9.17, 15) is 0 Å². The largest absolute Gasteiger partial charge is 0.313 e. The molecule has 1 unspecified atom stereocenters. The highest BCUT2D eigenvalue weighted by Gasteiger charge is 2.18. The zero-order valence-corrected chi connectivity index (χ0v) is 10.5. The van der Waals surface area contributed by atoms with Crippen molar-refractivity contribution in [3.63, 3.8) is 0 Å². The summed E-state index contributed by atoms with van der Waals surface area (Å²) < 4.78 is 0. The lowest BCUT2D eigenvalue weighted by atomic mass is 9.95. The maximum absolute atomic E-state index is 4.56. The van der Waals surface area contributed by atoms with Crippen molar-refractivity contribution in [3.05, 3.63) is 23.3 Å². The van der Waals surface area contributed by atoms with E-state index < -0.39 is 0 Å². The molecule has 1 heterocycles. The SMILES string of the molecule is CNC(C)c1cnc(C(C)(C)C)nc1C. The van der Waals surface area contributed by atoms with E-state index in [2.05, 4.69) is 43.0 Å². The Morgan fingerprint density at radius 3 is 2.33 bits per heavy atom. The Hall–Kier alpha value is -0.960. The Balaban J connectivity index is 3.09. The Bertz CT molecular complexity index is 339. The second kappa shape index (κ2) is 4.27. The Morgan fingerprint density at radius 2 is 1.93 bits per heavy atom. The smallest absolute Gasteiger partial charge is 0.133 e. The topological polar surface area (TPSA) is 37.8 Å². The van der Waals surface area contributed by atoms with E-state index in [0.29, 0.717) is 6.04 Å². The van der Waals surface area contributed by atoms with Crippen LogP contribution in [0.3, 0.4) is 0 Å². The third-order valence-electron chi connectivity index (χ3n) is 2.59. The lowest BCUT2D eigenvalue weighted by Gasteiger charge is -2.19. The summed E-state index contributed by atoms with van der Waals surface area (Å²) in [7, 11) is 1.95. The van der Waals surface area contributed by atoms with Gasteiger partial charge in [-0.25, -0.2) is 9.97 Å². The van der Waals surface area contributed by atoms with Crippen molar-refractivity contribution in [2.75, 3.05) is 7.05 Å². The van der Waals surface area contributed by atoms with Gasteiger partial charge in [0.15, 0.2) is 0 Å². The molecule has 3 nitrogen and oxygen atoms in total. The number of hydrogen-bond donors (Lipinski definition) is 1. The fraction of sp³-hybridized carbons (Fsp3) is 0.667. The van der Waals surface area contributed by atoms with Crippen LogP contribution < -0.4 is 5.32 Å². The van der Waals surface area contributed by atoms with Gasteiger partial charge in [0.25, 0.3) is 0 Å². The van der Waals surface area contributed by atoms with Gasteiger partial charge in [-0.3, -0.25) is 0 Å². The second-order valence-electron chi connectivity index (χ2n) is 4.99. The van der Waals surface area contributed by atoms with Crippen LogP contribution >= 0.6 is 0 Å². The molecule has 1 N–H and O–H groups in total. The average molecular weight is 207 g/mol. The highest BCUT2D eigenvalue weighted by molar-refractivity contribution is 5.21. The summed E-state index contributed by atoms with van der Waals surface area (Å²) in [5.74, 6) is 0.909. The number of aromatic nitrogens is 2. The number of aryl methyl sites for hydroxylation is 1. The number of hydrogen-bond acceptors (Lipinski definition) is 3. The van der Waals surface area contributed by atoms with Crippen LogP contribution in [-0.4, -0.2) is 17.0 Å². The summed E-state index contributed by atoms with van der Waals surface area (Å²) in [4.78, 5) is 8.99. The molecule has 0 saturated heterocycles. The van der Waals surface area contributed by atoms with Crippen LogP contribution in [0.1, 0.15) is 50.8 Å². The first-order chi connectivity index (χ1) is 6.86. The van der Waals surface area contributed by atoms with Gasteiger partial charge >= 0.3 is 0 Å². The van der Waals surface area contributed by atoms with Crippen molar-refractivity contribution >= 4 is 0 Å². The summed E-state index contributed by atoms with van der Waals surface area (Å²) >= 11 is 0. The first-order valence-electron chi connectivity index (χ1n) is 5.37. The molecule has 0 spiro atoms. The highest BCUT2D eigenvalue weighted by atomic mass is 14.9. The Kier molecular flexibility index (Phi) is 3.45. The van der Waals surface area contributed by atoms with Crippen molar-refractivity contribution < 1.29 is 0 Å². The zero-order valence-electron chi connectivity index (χ0n) is 10.5. The fourth-order valence-electron chi connectivity index (χ4n) is 1.42. The Labute approximate surface area is 92.3 Å². The molecule has 0 saturated carbocycles. The van der Waals surface area contributed by atoms with Crippen molar-refractivity contribution in [2.45, 2.75) is 46.1 Å². The minimum absolute atomic E-state index is 0.0200. The van der Waals surface area contributed by atoms with E-state index in [1.54, 1.807) is 0 Å². The molecule has 0 radical (unpaired) electrons. The van der Waals surface area contributed by atoms with E-state index >= 15 is 0 Å². The van der Waals surface area contributed by atoms with Crippen LogP contribution in [0.4, 0.5) is 0 Å². The molecule has 1 aromatic heterocycles. The summed E-state index contributed by atoms with van der Waals surface area (Å²) in [5, 5.41) is 3.20. The van der Waals surface area contributed by atoms with E-state index in [1.807, 2.05) is 20.2 Å².